The third-order valence-electron chi connectivity index (χ3n) is 4.87. The number of aliphatic hydroxyl groups is 1. The summed E-state index contributed by atoms with van der Waals surface area (Å²) in [5, 5.41) is 19.4. The summed E-state index contributed by atoms with van der Waals surface area (Å²) in [5.41, 5.74) is 1.23. The summed E-state index contributed by atoms with van der Waals surface area (Å²) in [5.74, 6) is 0.983. The topological polar surface area (TPSA) is 95.7 Å². The lowest BCUT2D eigenvalue weighted by Gasteiger charge is -2.29. The molecule has 0 unspecified atom stereocenters. The van der Waals surface area contributed by atoms with Gasteiger partial charge in [-0.2, -0.15) is 5.10 Å². The van der Waals surface area contributed by atoms with Gasteiger partial charge in [-0.15, -0.1) is 11.3 Å². The van der Waals surface area contributed by atoms with Gasteiger partial charge in [-0.3, -0.25) is 4.79 Å². The zero-order valence-electron chi connectivity index (χ0n) is 16.9. The Bertz CT molecular complexity index is 1010. The molecule has 2 N–H and O–H groups in total. The van der Waals surface area contributed by atoms with Gasteiger partial charge in [0.2, 0.25) is 0 Å². The number of rotatable bonds is 4. The second-order valence-electron chi connectivity index (χ2n) is 8.61. The van der Waals surface area contributed by atoms with Crippen molar-refractivity contribution in [3.63, 3.8) is 0 Å². The van der Waals surface area contributed by atoms with Gasteiger partial charge in [0.25, 0.3) is 5.91 Å². The van der Waals surface area contributed by atoms with Gasteiger partial charge >= 0.3 is 0 Å². The number of anilines is 1. The molecule has 0 radical (unpaired) electrons. The van der Waals surface area contributed by atoms with Gasteiger partial charge < -0.3 is 15.3 Å². The molecule has 0 bridgehead atoms. The van der Waals surface area contributed by atoms with Gasteiger partial charge in [0.1, 0.15) is 16.3 Å². The van der Waals surface area contributed by atoms with E-state index in [2.05, 4.69) is 41.2 Å². The number of nitrogens with zero attached hydrogens (tertiary/aromatic N) is 5. The van der Waals surface area contributed by atoms with Crippen LogP contribution in [0.25, 0.3) is 16.2 Å². The monoisotopic (exact) mass is 414 g/mol. The molecule has 1 amide bonds. The number of aromatic nitrogens is 4. The molecule has 0 atom stereocenters. The van der Waals surface area contributed by atoms with Crippen LogP contribution in [0, 0.1) is 5.41 Å². The predicted octanol–water partition coefficient (Wildman–Crippen LogP) is 2.91. The number of hydrogen-bond acceptors (Lipinski definition) is 7. The van der Waals surface area contributed by atoms with E-state index in [9.17, 15) is 9.90 Å². The van der Waals surface area contributed by atoms with Gasteiger partial charge in [0, 0.05) is 37.3 Å². The Morgan fingerprint density at radius 2 is 2.07 bits per heavy atom. The largest absolute Gasteiger partial charge is 0.393 e. The van der Waals surface area contributed by atoms with Crippen LogP contribution in [0.5, 0.6) is 0 Å². The highest BCUT2D eigenvalue weighted by Gasteiger charge is 2.25. The van der Waals surface area contributed by atoms with E-state index in [0.717, 1.165) is 16.9 Å². The van der Waals surface area contributed by atoms with E-state index >= 15 is 0 Å². The summed E-state index contributed by atoms with van der Waals surface area (Å²) in [4.78, 5) is 25.1. The van der Waals surface area contributed by atoms with Crippen molar-refractivity contribution in [2.45, 2.75) is 39.7 Å². The molecule has 1 fully saturated rings. The molecule has 3 aromatic heterocycles. The third kappa shape index (κ3) is 4.40. The number of thiazole rings is 1. The summed E-state index contributed by atoms with van der Waals surface area (Å²) in [6.07, 6.45) is 4.48. The second kappa shape index (κ2) is 7.72. The Morgan fingerprint density at radius 1 is 1.31 bits per heavy atom. The van der Waals surface area contributed by atoms with E-state index in [0.29, 0.717) is 43.3 Å². The van der Waals surface area contributed by atoms with Crippen molar-refractivity contribution < 1.29 is 9.90 Å². The van der Waals surface area contributed by atoms with E-state index in [4.69, 9.17) is 0 Å². The molecule has 0 spiro atoms. The van der Waals surface area contributed by atoms with Crippen LogP contribution in [0.15, 0.2) is 23.8 Å². The van der Waals surface area contributed by atoms with Gasteiger partial charge in [0.05, 0.1) is 17.9 Å². The number of carbonyl (C=O) groups excluding carboxylic acids is 1. The molecule has 1 saturated heterocycles. The van der Waals surface area contributed by atoms with Crippen LogP contribution in [-0.4, -0.2) is 61.2 Å². The molecule has 0 aromatic carbocycles. The normalized spacial score (nSPS) is 15.8. The van der Waals surface area contributed by atoms with E-state index in [-0.39, 0.29) is 17.4 Å². The first-order valence-corrected chi connectivity index (χ1v) is 10.7. The summed E-state index contributed by atoms with van der Waals surface area (Å²) in [7, 11) is 0. The van der Waals surface area contributed by atoms with Crippen LogP contribution in [0.3, 0.4) is 0 Å². The standard InChI is InChI=1S/C20H26N6O2S/c1-20(2,3)12-21-16-10-15(18(28)25-6-4-13(27)5-7-25)23-17(24-16)14-11-22-26-8-9-29-19(14)26/h8-11,13,27H,4-7,12H2,1-3H3,(H,21,23,24). The van der Waals surface area contributed by atoms with Crippen LogP contribution >= 0.6 is 11.3 Å². The van der Waals surface area contributed by atoms with Crippen LogP contribution in [-0.2, 0) is 0 Å². The van der Waals surface area contributed by atoms with Crippen molar-refractivity contribution in [3.8, 4) is 11.4 Å². The first-order chi connectivity index (χ1) is 13.8. The molecule has 1 aliphatic heterocycles. The van der Waals surface area contributed by atoms with Crippen LogP contribution in [0.1, 0.15) is 44.1 Å². The number of amides is 1. The van der Waals surface area contributed by atoms with Gasteiger partial charge in [0.15, 0.2) is 5.82 Å². The summed E-state index contributed by atoms with van der Waals surface area (Å²) < 4.78 is 1.78. The maximum absolute atomic E-state index is 13.1. The van der Waals surface area contributed by atoms with Crippen molar-refractivity contribution in [2.24, 2.45) is 5.41 Å². The van der Waals surface area contributed by atoms with E-state index in [1.807, 2.05) is 11.6 Å². The summed E-state index contributed by atoms with van der Waals surface area (Å²) >= 11 is 1.56. The molecule has 8 nitrogen and oxygen atoms in total. The van der Waals surface area contributed by atoms with E-state index in [1.165, 1.54) is 0 Å². The predicted molar refractivity (Wildman–Crippen MR) is 113 cm³/mol. The maximum atomic E-state index is 13.1. The lowest BCUT2D eigenvalue weighted by atomic mass is 9.97. The van der Waals surface area contributed by atoms with Crippen LogP contribution < -0.4 is 5.32 Å². The molecule has 0 saturated carbocycles. The molecular weight excluding hydrogens is 388 g/mol. The first kappa shape index (κ1) is 19.8. The zero-order valence-corrected chi connectivity index (χ0v) is 17.7. The Balaban J connectivity index is 1.70. The fraction of sp³-hybridized carbons (Fsp3) is 0.500. The summed E-state index contributed by atoms with van der Waals surface area (Å²) in [6.45, 7) is 8.20. The number of piperidine rings is 1. The van der Waals surface area contributed by atoms with Crippen LogP contribution in [0.2, 0.25) is 0 Å². The molecule has 4 rings (SSSR count). The number of likely N-dealkylation sites (tertiary alicyclic amines) is 1. The third-order valence-corrected chi connectivity index (χ3v) is 5.76. The molecular formula is C20H26N6O2S. The van der Waals surface area contributed by atoms with Crippen LogP contribution in [0.4, 0.5) is 5.82 Å². The highest BCUT2D eigenvalue weighted by Crippen LogP contribution is 2.27. The molecule has 29 heavy (non-hydrogen) atoms. The number of nitrogens with one attached hydrogen (secondary N) is 1. The summed E-state index contributed by atoms with van der Waals surface area (Å²) in [6, 6.07) is 1.72. The van der Waals surface area contributed by atoms with Gasteiger partial charge in [-0.05, 0) is 18.3 Å². The Labute approximate surface area is 173 Å². The second-order valence-corrected chi connectivity index (χ2v) is 9.51. The Morgan fingerprint density at radius 3 is 2.79 bits per heavy atom. The lowest BCUT2D eigenvalue weighted by Crippen LogP contribution is -2.40. The first-order valence-electron chi connectivity index (χ1n) is 9.82. The minimum atomic E-state index is -0.330. The molecule has 154 valence electrons. The maximum Gasteiger partial charge on any atom is 0.272 e. The lowest BCUT2D eigenvalue weighted by molar-refractivity contribution is 0.0541. The Hall–Kier alpha value is -2.52. The van der Waals surface area contributed by atoms with Crippen molar-refractivity contribution in [1.29, 1.82) is 0 Å². The van der Waals surface area contributed by atoms with Crippen molar-refractivity contribution in [3.05, 3.63) is 29.5 Å². The van der Waals surface area contributed by atoms with E-state index < -0.39 is 0 Å². The number of aliphatic hydroxyl groups excluding tert-OH is 1. The zero-order chi connectivity index (χ0) is 20.6. The Kier molecular flexibility index (Phi) is 5.26. The van der Waals surface area contributed by atoms with Gasteiger partial charge in [-0.1, -0.05) is 20.8 Å². The minimum Gasteiger partial charge on any atom is -0.393 e. The highest BCUT2D eigenvalue weighted by atomic mass is 32.1. The van der Waals surface area contributed by atoms with E-state index in [1.54, 1.807) is 33.0 Å². The van der Waals surface area contributed by atoms with Crippen molar-refractivity contribution in [1.82, 2.24) is 24.5 Å². The fourth-order valence-electron chi connectivity index (χ4n) is 3.24. The van der Waals surface area contributed by atoms with Crippen molar-refractivity contribution >= 4 is 27.9 Å². The molecule has 4 heterocycles. The molecule has 3 aromatic rings. The quantitative estimate of drug-likeness (QED) is 0.682. The SMILES string of the molecule is CC(C)(C)CNc1cc(C(=O)N2CCC(O)CC2)nc(-c2cnn3ccsc23)n1. The average Bonchev–Trinajstić information content (AvgIpc) is 3.29. The number of fused-ring (bicyclic) bond motifs is 1. The number of hydrogen-bond donors (Lipinski definition) is 2. The van der Waals surface area contributed by atoms with Gasteiger partial charge in [-0.25, -0.2) is 14.5 Å². The average molecular weight is 415 g/mol. The molecule has 9 heteroatoms. The fourth-order valence-corrected chi connectivity index (χ4v) is 4.03. The highest BCUT2D eigenvalue weighted by molar-refractivity contribution is 7.16. The van der Waals surface area contributed by atoms with Crippen molar-refractivity contribution in [2.75, 3.05) is 25.0 Å². The molecule has 0 aliphatic carbocycles. The number of carbonyl (C=O) groups is 1. The smallest absolute Gasteiger partial charge is 0.272 e. The minimum absolute atomic E-state index is 0.0665. The molecule has 1 aliphatic rings.